The number of nitrogens with zero attached hydrogens (tertiary/aromatic N) is 1. The van der Waals surface area contributed by atoms with Crippen molar-refractivity contribution in [3.8, 4) is 11.5 Å². The number of carbonyl (C=O) groups excluding carboxylic acids is 3. The van der Waals surface area contributed by atoms with E-state index in [0.717, 1.165) is 31.7 Å². The topological polar surface area (TPSA) is 159 Å². The molecule has 190 valence electrons. The van der Waals surface area contributed by atoms with Crippen LogP contribution >= 0.6 is 0 Å². The first-order valence-corrected chi connectivity index (χ1v) is 11.7. The fraction of sp³-hybridized carbons (Fsp3) is 0.222. The number of nitrogens with two attached hydrogens (primary N) is 1. The van der Waals surface area contributed by atoms with Gasteiger partial charge in [0.2, 0.25) is 5.78 Å². The minimum absolute atomic E-state index is 0.0327. The van der Waals surface area contributed by atoms with E-state index in [2.05, 4.69) is 0 Å². The summed E-state index contributed by atoms with van der Waals surface area (Å²) in [5.41, 5.74) is 3.93. The zero-order valence-corrected chi connectivity index (χ0v) is 19.8. The van der Waals surface area contributed by atoms with Gasteiger partial charge in [0, 0.05) is 23.8 Å². The molecule has 3 N–H and O–H groups in total. The molecule has 37 heavy (non-hydrogen) atoms. The monoisotopic (exact) mass is 504 g/mol. The number of hydrogen-bond acceptors (Lipinski definition) is 9. The summed E-state index contributed by atoms with van der Waals surface area (Å²) in [5, 5.41) is 20.6. The van der Waals surface area contributed by atoms with Gasteiger partial charge in [-0.2, -0.15) is 0 Å². The van der Waals surface area contributed by atoms with E-state index in [1.165, 1.54) is 24.3 Å². The molecular weight excluding hydrogens is 480 g/mol. The lowest BCUT2D eigenvalue weighted by Gasteiger charge is -2.20. The molecule has 4 rings (SSSR count). The van der Waals surface area contributed by atoms with Crippen LogP contribution in [0.1, 0.15) is 67.9 Å². The Labute approximate surface area is 211 Å². The first-order valence-electron chi connectivity index (χ1n) is 11.7. The molecule has 0 heterocycles. The van der Waals surface area contributed by atoms with Crippen LogP contribution in [0.5, 0.6) is 11.5 Å². The van der Waals surface area contributed by atoms with Crippen LogP contribution in [-0.4, -0.2) is 40.8 Å². The van der Waals surface area contributed by atoms with Crippen molar-refractivity contribution in [2.24, 2.45) is 0 Å². The van der Waals surface area contributed by atoms with E-state index in [9.17, 15) is 24.5 Å². The molecule has 1 aliphatic rings. The Morgan fingerprint density at radius 3 is 2.11 bits per heavy atom. The number of carbonyl (C=O) groups is 3. The number of aliphatic hydroxyl groups is 1. The first kappa shape index (κ1) is 25.5. The molecule has 0 radical (unpaired) electrons. The number of fused-ring (bicyclic) bond motifs is 2. The van der Waals surface area contributed by atoms with Crippen LogP contribution in [-0.2, 0) is 0 Å². The van der Waals surface area contributed by atoms with E-state index in [0.29, 0.717) is 12.4 Å². The molecule has 0 aromatic heterocycles. The number of unbranched alkanes of at least 4 members (excludes halogenated alkanes) is 3. The maximum Gasteiger partial charge on any atom is 0.345 e. The van der Waals surface area contributed by atoms with Crippen LogP contribution in [0.15, 0.2) is 54.6 Å². The van der Waals surface area contributed by atoms with Gasteiger partial charge in [-0.25, -0.2) is 4.79 Å². The maximum atomic E-state index is 13.1. The maximum absolute atomic E-state index is 13.1. The van der Waals surface area contributed by atoms with Crippen molar-refractivity contribution in [2.75, 3.05) is 18.9 Å². The highest BCUT2D eigenvalue weighted by Gasteiger charge is 2.39. The van der Waals surface area contributed by atoms with Crippen LogP contribution in [0.4, 0.5) is 11.4 Å². The standard InChI is InChI=1S/C27H24N2O8/c28-24-20(27(33)37-17-11-9-16(10-12-17)36-14-6-2-1-5-13-30)15-21(29(34)35)22-23(24)26(32)19-8-4-3-7-18(19)25(22)31/h3-4,7-12,15,30H,1-2,5-6,13-14,28H2. The zero-order chi connectivity index (χ0) is 26.5. The summed E-state index contributed by atoms with van der Waals surface area (Å²) in [4.78, 5) is 50.1. The van der Waals surface area contributed by atoms with Gasteiger partial charge >= 0.3 is 5.97 Å². The Morgan fingerprint density at radius 2 is 1.49 bits per heavy atom. The fourth-order valence-corrected chi connectivity index (χ4v) is 4.13. The molecule has 10 heteroatoms. The molecule has 3 aromatic carbocycles. The van der Waals surface area contributed by atoms with Crippen molar-refractivity contribution < 1.29 is 33.9 Å². The summed E-state index contributed by atoms with van der Waals surface area (Å²) in [6.07, 6.45) is 3.45. The number of hydrogen-bond donors (Lipinski definition) is 2. The van der Waals surface area contributed by atoms with Crippen LogP contribution in [0.3, 0.4) is 0 Å². The molecule has 0 unspecified atom stereocenters. The highest BCUT2D eigenvalue weighted by molar-refractivity contribution is 6.32. The van der Waals surface area contributed by atoms with Gasteiger partial charge in [-0.15, -0.1) is 0 Å². The highest BCUT2D eigenvalue weighted by Crippen LogP contribution is 2.38. The van der Waals surface area contributed by atoms with Gasteiger partial charge in [-0.05, 0) is 43.5 Å². The van der Waals surface area contributed by atoms with E-state index in [-0.39, 0.29) is 34.7 Å². The third-order valence-electron chi connectivity index (χ3n) is 5.99. The Balaban J connectivity index is 1.56. The van der Waals surface area contributed by atoms with E-state index in [4.69, 9.17) is 20.3 Å². The summed E-state index contributed by atoms with van der Waals surface area (Å²) in [5.74, 6) is -1.72. The second-order valence-electron chi connectivity index (χ2n) is 8.42. The van der Waals surface area contributed by atoms with Crippen molar-refractivity contribution in [3.63, 3.8) is 0 Å². The molecule has 1 aliphatic carbocycles. The lowest BCUT2D eigenvalue weighted by Crippen LogP contribution is -2.25. The molecule has 3 aromatic rings. The van der Waals surface area contributed by atoms with Gasteiger partial charge in [0.05, 0.1) is 28.3 Å². The van der Waals surface area contributed by atoms with Gasteiger partial charge in [0.15, 0.2) is 5.78 Å². The molecule has 0 saturated heterocycles. The molecule has 0 amide bonds. The average molecular weight is 504 g/mol. The average Bonchev–Trinajstić information content (AvgIpc) is 2.89. The van der Waals surface area contributed by atoms with Gasteiger partial charge in [0.25, 0.3) is 5.69 Å². The van der Waals surface area contributed by atoms with Crippen LogP contribution in [0, 0.1) is 10.1 Å². The minimum atomic E-state index is -1.01. The lowest BCUT2D eigenvalue weighted by atomic mass is 9.81. The Hall–Kier alpha value is -4.57. The van der Waals surface area contributed by atoms with Gasteiger partial charge in [-0.1, -0.05) is 30.7 Å². The van der Waals surface area contributed by atoms with Crippen LogP contribution in [0.2, 0.25) is 0 Å². The van der Waals surface area contributed by atoms with E-state index < -0.39 is 39.3 Å². The van der Waals surface area contributed by atoms with Gasteiger partial charge in [0.1, 0.15) is 17.1 Å². The van der Waals surface area contributed by atoms with Crippen molar-refractivity contribution in [1.29, 1.82) is 0 Å². The van der Waals surface area contributed by atoms with Gasteiger partial charge < -0.3 is 20.3 Å². The molecule has 0 fully saturated rings. The molecule has 0 saturated carbocycles. The van der Waals surface area contributed by atoms with Crippen molar-refractivity contribution >= 4 is 28.9 Å². The second-order valence-corrected chi connectivity index (χ2v) is 8.42. The predicted molar refractivity (Wildman–Crippen MR) is 133 cm³/mol. The molecular formula is C27H24N2O8. The summed E-state index contributed by atoms with van der Waals surface area (Å²) >= 11 is 0. The Kier molecular flexibility index (Phi) is 7.59. The molecule has 0 atom stereocenters. The number of nitro benzene ring substituents is 1. The van der Waals surface area contributed by atoms with E-state index in [1.807, 2.05) is 0 Å². The summed E-state index contributed by atoms with van der Waals surface area (Å²) in [6, 6.07) is 13.0. The number of nitro groups is 1. The van der Waals surface area contributed by atoms with Crippen LogP contribution < -0.4 is 15.2 Å². The molecule has 0 aliphatic heterocycles. The lowest BCUT2D eigenvalue weighted by molar-refractivity contribution is -0.385. The largest absolute Gasteiger partial charge is 0.494 e. The molecule has 0 bridgehead atoms. The third-order valence-corrected chi connectivity index (χ3v) is 5.99. The number of esters is 1. The SMILES string of the molecule is Nc1c(C(=O)Oc2ccc(OCCCCCCO)cc2)cc([N+](=O)[O-])c2c1C(=O)c1ccccc1C2=O. The zero-order valence-electron chi connectivity index (χ0n) is 19.8. The number of ketones is 2. The smallest absolute Gasteiger partial charge is 0.345 e. The van der Waals surface area contributed by atoms with Crippen molar-refractivity contribution in [1.82, 2.24) is 0 Å². The number of aliphatic hydroxyl groups excluding tert-OH is 1. The minimum Gasteiger partial charge on any atom is -0.494 e. The van der Waals surface area contributed by atoms with E-state index in [1.54, 1.807) is 24.3 Å². The second kappa shape index (κ2) is 11.0. The number of nitrogen functional groups attached to an aromatic ring is 1. The normalized spacial score (nSPS) is 12.0. The van der Waals surface area contributed by atoms with Crippen molar-refractivity contribution in [3.05, 3.63) is 92.5 Å². The quantitative estimate of drug-likeness (QED) is 0.0809. The summed E-state index contributed by atoms with van der Waals surface area (Å²) < 4.78 is 11.0. The van der Waals surface area contributed by atoms with Gasteiger partial charge in [-0.3, -0.25) is 19.7 Å². The number of anilines is 1. The molecule has 0 spiro atoms. The Morgan fingerprint density at radius 1 is 0.892 bits per heavy atom. The fourth-order valence-electron chi connectivity index (χ4n) is 4.13. The third kappa shape index (κ3) is 5.19. The highest BCUT2D eigenvalue weighted by atomic mass is 16.6. The predicted octanol–water partition coefficient (Wildman–Crippen LogP) is 4.10. The van der Waals surface area contributed by atoms with Crippen molar-refractivity contribution in [2.45, 2.75) is 25.7 Å². The number of ether oxygens (including phenoxy) is 2. The number of benzene rings is 3. The number of rotatable bonds is 10. The summed E-state index contributed by atoms with van der Waals surface area (Å²) in [6.45, 7) is 0.670. The van der Waals surface area contributed by atoms with Crippen LogP contribution in [0.25, 0.3) is 0 Å². The Bertz CT molecular complexity index is 1380. The molecule has 10 nitrogen and oxygen atoms in total. The van der Waals surface area contributed by atoms with E-state index >= 15 is 0 Å². The first-order chi connectivity index (χ1) is 17.8. The summed E-state index contributed by atoms with van der Waals surface area (Å²) in [7, 11) is 0.